The van der Waals surface area contributed by atoms with Crippen LogP contribution in [0.3, 0.4) is 0 Å². The molecule has 142 valence electrons. The summed E-state index contributed by atoms with van der Waals surface area (Å²) in [4.78, 5) is 25.7. The first-order valence-electron chi connectivity index (χ1n) is 8.64. The van der Waals surface area contributed by atoms with E-state index in [1.165, 1.54) is 6.92 Å². The molecule has 27 heavy (non-hydrogen) atoms. The van der Waals surface area contributed by atoms with Crippen LogP contribution in [-0.4, -0.2) is 38.8 Å². The molecule has 0 unspecified atom stereocenters. The normalized spacial score (nSPS) is 11.8. The van der Waals surface area contributed by atoms with E-state index in [1.54, 1.807) is 30.2 Å². The number of nitrogens with one attached hydrogen (secondary N) is 1. The Hall–Kier alpha value is -3.22. The van der Waals surface area contributed by atoms with E-state index in [0.717, 1.165) is 11.3 Å². The summed E-state index contributed by atoms with van der Waals surface area (Å²) in [6, 6.07) is 12.7. The molecule has 0 atom stereocenters. The third-order valence-corrected chi connectivity index (χ3v) is 4.23. The van der Waals surface area contributed by atoms with Crippen molar-refractivity contribution in [3.05, 3.63) is 48.0 Å². The molecular weight excluding hydrogens is 348 g/mol. The Balaban J connectivity index is 1.53. The Labute approximate surface area is 157 Å². The molecule has 0 fully saturated rings. The molecule has 0 aliphatic carbocycles. The second-order valence-electron chi connectivity index (χ2n) is 6.08. The molecule has 1 aliphatic rings. The van der Waals surface area contributed by atoms with Gasteiger partial charge in [-0.2, -0.15) is 0 Å². The van der Waals surface area contributed by atoms with Crippen molar-refractivity contribution >= 4 is 17.5 Å². The lowest BCUT2D eigenvalue weighted by molar-refractivity contribution is -0.121. The average Bonchev–Trinajstić information content (AvgIpc) is 3.13. The monoisotopic (exact) mass is 370 g/mol. The van der Waals surface area contributed by atoms with Crippen molar-refractivity contribution in [3.63, 3.8) is 0 Å². The van der Waals surface area contributed by atoms with Crippen molar-refractivity contribution in [2.75, 3.05) is 31.9 Å². The molecule has 0 saturated carbocycles. The summed E-state index contributed by atoms with van der Waals surface area (Å²) in [5.74, 6) is 1.81. The minimum Gasteiger partial charge on any atom is -0.497 e. The number of nitrogens with zero attached hydrogens (tertiary/aromatic N) is 1. The van der Waals surface area contributed by atoms with Gasteiger partial charge in [-0.25, -0.2) is 0 Å². The fourth-order valence-electron chi connectivity index (χ4n) is 2.82. The molecule has 2 aromatic rings. The van der Waals surface area contributed by atoms with Crippen LogP contribution in [0.15, 0.2) is 42.5 Å². The van der Waals surface area contributed by atoms with Crippen molar-refractivity contribution < 1.29 is 23.8 Å². The van der Waals surface area contributed by atoms with Gasteiger partial charge in [0.2, 0.25) is 18.6 Å². The lowest BCUT2D eigenvalue weighted by Crippen LogP contribution is -2.38. The van der Waals surface area contributed by atoms with Crippen LogP contribution in [-0.2, 0) is 16.0 Å². The van der Waals surface area contributed by atoms with Crippen LogP contribution < -0.4 is 24.4 Å². The van der Waals surface area contributed by atoms with Gasteiger partial charge >= 0.3 is 0 Å². The van der Waals surface area contributed by atoms with Crippen molar-refractivity contribution in [1.82, 2.24) is 5.32 Å². The number of carbonyl (C=O) groups excluding carboxylic acids is 2. The number of benzene rings is 2. The predicted molar refractivity (Wildman–Crippen MR) is 100 cm³/mol. The van der Waals surface area contributed by atoms with Gasteiger partial charge in [-0.1, -0.05) is 12.1 Å². The van der Waals surface area contributed by atoms with E-state index in [2.05, 4.69) is 5.32 Å². The molecular formula is C20H22N2O5. The zero-order valence-electron chi connectivity index (χ0n) is 15.4. The Bertz CT molecular complexity index is 820. The number of rotatable bonds is 7. The average molecular weight is 370 g/mol. The highest BCUT2D eigenvalue weighted by atomic mass is 16.7. The molecule has 2 amide bonds. The summed E-state index contributed by atoms with van der Waals surface area (Å²) in [6.45, 7) is 2.39. The maximum atomic E-state index is 12.1. The van der Waals surface area contributed by atoms with E-state index in [0.29, 0.717) is 30.3 Å². The third-order valence-electron chi connectivity index (χ3n) is 4.23. The van der Waals surface area contributed by atoms with E-state index in [-0.39, 0.29) is 25.0 Å². The summed E-state index contributed by atoms with van der Waals surface area (Å²) in [5.41, 5.74) is 1.60. The van der Waals surface area contributed by atoms with Crippen LogP contribution in [0, 0.1) is 0 Å². The van der Waals surface area contributed by atoms with E-state index < -0.39 is 0 Å². The minimum absolute atomic E-state index is 0.102. The molecule has 1 N–H and O–H groups in total. The fraction of sp³-hybridized carbons (Fsp3) is 0.300. The summed E-state index contributed by atoms with van der Waals surface area (Å²) in [5, 5.41) is 2.85. The molecule has 2 aromatic carbocycles. The lowest BCUT2D eigenvalue weighted by Gasteiger charge is -2.21. The molecule has 0 spiro atoms. The largest absolute Gasteiger partial charge is 0.497 e. The summed E-state index contributed by atoms with van der Waals surface area (Å²) in [6.07, 6.45) is 0.272. The highest BCUT2D eigenvalue weighted by molar-refractivity contribution is 5.92. The second kappa shape index (κ2) is 8.44. The summed E-state index contributed by atoms with van der Waals surface area (Å²) >= 11 is 0. The number of carbonyl (C=O) groups is 2. The first-order valence-corrected chi connectivity index (χ1v) is 8.64. The van der Waals surface area contributed by atoms with Crippen LogP contribution in [0.4, 0.5) is 5.69 Å². The Morgan fingerprint density at radius 1 is 1.11 bits per heavy atom. The molecule has 1 aliphatic heterocycles. The van der Waals surface area contributed by atoms with Crippen LogP contribution in [0.2, 0.25) is 0 Å². The lowest BCUT2D eigenvalue weighted by atomic mass is 10.1. The van der Waals surface area contributed by atoms with Gasteiger partial charge in [0.25, 0.3) is 0 Å². The van der Waals surface area contributed by atoms with Crippen molar-refractivity contribution in [2.45, 2.75) is 13.3 Å². The second-order valence-corrected chi connectivity index (χ2v) is 6.08. The summed E-state index contributed by atoms with van der Waals surface area (Å²) < 4.78 is 15.7. The van der Waals surface area contributed by atoms with E-state index in [9.17, 15) is 9.59 Å². The third kappa shape index (κ3) is 4.69. The molecule has 0 radical (unpaired) electrons. The van der Waals surface area contributed by atoms with Gasteiger partial charge in [0.05, 0.1) is 13.5 Å². The molecule has 0 bridgehead atoms. The highest BCUT2D eigenvalue weighted by Crippen LogP contribution is 2.35. The van der Waals surface area contributed by atoms with Crippen LogP contribution in [0.25, 0.3) is 0 Å². The van der Waals surface area contributed by atoms with Crippen LogP contribution in [0.1, 0.15) is 12.5 Å². The van der Waals surface area contributed by atoms with Crippen LogP contribution in [0.5, 0.6) is 17.2 Å². The quantitative estimate of drug-likeness (QED) is 0.808. The summed E-state index contributed by atoms with van der Waals surface area (Å²) in [7, 11) is 1.60. The van der Waals surface area contributed by atoms with Gasteiger partial charge in [-0.3, -0.25) is 9.59 Å². The SMILES string of the molecule is COc1ccc(CC(=O)NCCN(C(C)=O)c2ccc3c(c2)OCO3)cc1. The van der Waals surface area contributed by atoms with Crippen molar-refractivity contribution in [2.24, 2.45) is 0 Å². The molecule has 0 saturated heterocycles. The number of methoxy groups -OCH3 is 1. The molecule has 0 aromatic heterocycles. The van der Waals surface area contributed by atoms with E-state index in [4.69, 9.17) is 14.2 Å². The molecule has 1 heterocycles. The number of hydrogen-bond acceptors (Lipinski definition) is 5. The maximum absolute atomic E-state index is 12.1. The minimum atomic E-state index is -0.113. The molecule has 7 nitrogen and oxygen atoms in total. The van der Waals surface area contributed by atoms with Gasteiger partial charge in [0.15, 0.2) is 11.5 Å². The predicted octanol–water partition coefficient (Wildman–Crippen LogP) is 2.14. The number of hydrogen-bond donors (Lipinski definition) is 1. The van der Waals surface area contributed by atoms with E-state index >= 15 is 0 Å². The number of amides is 2. The first-order chi connectivity index (χ1) is 13.1. The van der Waals surface area contributed by atoms with Gasteiger partial charge in [-0.05, 0) is 29.8 Å². The van der Waals surface area contributed by atoms with Gasteiger partial charge in [0.1, 0.15) is 5.75 Å². The fourth-order valence-corrected chi connectivity index (χ4v) is 2.82. The van der Waals surface area contributed by atoms with Crippen molar-refractivity contribution in [1.29, 1.82) is 0 Å². The van der Waals surface area contributed by atoms with Gasteiger partial charge < -0.3 is 24.4 Å². The topological polar surface area (TPSA) is 77.1 Å². The van der Waals surface area contributed by atoms with Gasteiger partial charge in [-0.15, -0.1) is 0 Å². The van der Waals surface area contributed by atoms with Crippen LogP contribution >= 0.6 is 0 Å². The smallest absolute Gasteiger partial charge is 0.231 e. The molecule has 3 rings (SSSR count). The van der Waals surface area contributed by atoms with Gasteiger partial charge in [0, 0.05) is 31.8 Å². The maximum Gasteiger partial charge on any atom is 0.231 e. The Morgan fingerprint density at radius 3 is 2.56 bits per heavy atom. The van der Waals surface area contributed by atoms with E-state index in [1.807, 2.05) is 24.3 Å². The number of anilines is 1. The zero-order chi connectivity index (χ0) is 19.2. The number of ether oxygens (including phenoxy) is 3. The molecule has 7 heteroatoms. The Morgan fingerprint density at radius 2 is 1.85 bits per heavy atom. The zero-order valence-corrected chi connectivity index (χ0v) is 15.4. The Kier molecular flexibility index (Phi) is 5.80. The van der Waals surface area contributed by atoms with Crippen molar-refractivity contribution in [3.8, 4) is 17.2 Å². The number of fused-ring (bicyclic) bond motifs is 1. The first kappa shape index (κ1) is 18.6. The standard InChI is InChI=1S/C20H22N2O5/c1-14(23)22(16-5-8-18-19(12-16)27-13-26-18)10-9-21-20(24)11-15-3-6-17(25-2)7-4-15/h3-8,12H,9-11,13H2,1-2H3,(H,21,24). The highest BCUT2D eigenvalue weighted by Gasteiger charge is 2.18.